The molecule has 0 aromatic heterocycles. The summed E-state index contributed by atoms with van der Waals surface area (Å²) in [5, 5.41) is 0. The van der Waals surface area contributed by atoms with Crippen LogP contribution in [0.4, 0.5) is 0 Å². The van der Waals surface area contributed by atoms with Gasteiger partial charge in [-0.3, -0.25) is 0 Å². The third-order valence-electron chi connectivity index (χ3n) is 6.13. The summed E-state index contributed by atoms with van der Waals surface area (Å²) in [6.45, 7) is 0.635. The minimum Gasteiger partial charge on any atom is -0.326 e. The summed E-state index contributed by atoms with van der Waals surface area (Å²) < 4.78 is 0. The number of aldehydes is 1. The fourth-order valence-electron chi connectivity index (χ4n) is 4.60. The van der Waals surface area contributed by atoms with Crippen molar-refractivity contribution >= 4 is 6.29 Å². The Morgan fingerprint density at radius 1 is 0.864 bits per heavy atom. The molecule has 2 heteroatoms. The first-order chi connectivity index (χ1) is 10.8. The van der Waals surface area contributed by atoms with Gasteiger partial charge in [0, 0.05) is 12.5 Å². The predicted octanol–water partition coefficient (Wildman–Crippen LogP) is 4.42. The van der Waals surface area contributed by atoms with Gasteiger partial charge < -0.3 is 10.5 Å². The van der Waals surface area contributed by atoms with Crippen LogP contribution in [0.1, 0.15) is 68.4 Å². The molecule has 3 rings (SSSR count). The first kappa shape index (κ1) is 15.7. The van der Waals surface area contributed by atoms with Crippen LogP contribution in [0.25, 0.3) is 0 Å². The molecule has 0 bridgehead atoms. The maximum atomic E-state index is 10.9. The quantitative estimate of drug-likeness (QED) is 0.836. The average molecular weight is 299 g/mol. The van der Waals surface area contributed by atoms with Gasteiger partial charge in [0.2, 0.25) is 0 Å². The van der Waals surface area contributed by atoms with Crippen LogP contribution in [0.3, 0.4) is 0 Å². The number of rotatable bonds is 4. The van der Waals surface area contributed by atoms with Crippen molar-refractivity contribution in [1.82, 2.24) is 0 Å². The zero-order valence-electron chi connectivity index (χ0n) is 13.5. The lowest BCUT2D eigenvalue weighted by molar-refractivity contribution is -0.112. The van der Waals surface area contributed by atoms with Crippen molar-refractivity contribution in [1.29, 1.82) is 0 Å². The minimum absolute atomic E-state index is 0.355. The molecule has 0 saturated heterocycles. The first-order valence-corrected chi connectivity index (χ1v) is 9.04. The van der Waals surface area contributed by atoms with Crippen LogP contribution in [-0.4, -0.2) is 6.29 Å². The molecule has 2 aliphatic carbocycles. The molecule has 0 heterocycles. The zero-order valence-corrected chi connectivity index (χ0v) is 13.5. The third-order valence-corrected chi connectivity index (χ3v) is 6.13. The minimum atomic E-state index is 0.355. The van der Waals surface area contributed by atoms with E-state index in [-0.39, 0.29) is 0 Å². The van der Waals surface area contributed by atoms with E-state index in [0.717, 1.165) is 30.6 Å². The standard InChI is InChI=1S/C20H29NO/c21-13-15-1-5-17(6-2-15)19-9-11-20(12-10-19)18-7-3-16(14-22)4-8-18/h1-2,5-6,14,16,18-20H,3-4,7-13,21H2/t16-,18-,19?,20?. The Morgan fingerprint density at radius 3 is 1.91 bits per heavy atom. The number of hydrogen-bond acceptors (Lipinski definition) is 2. The number of hydrogen-bond donors (Lipinski definition) is 1. The van der Waals surface area contributed by atoms with Crippen molar-refractivity contribution in [3.63, 3.8) is 0 Å². The molecule has 22 heavy (non-hydrogen) atoms. The van der Waals surface area contributed by atoms with E-state index in [4.69, 9.17) is 5.73 Å². The summed E-state index contributed by atoms with van der Waals surface area (Å²) >= 11 is 0. The SMILES string of the molecule is NCc1ccc(C2CCC([C@H]3CC[C@H](C=O)CC3)CC2)cc1. The molecule has 2 saturated carbocycles. The van der Waals surface area contributed by atoms with Crippen molar-refractivity contribution in [2.24, 2.45) is 23.5 Å². The Kier molecular flexibility index (Phi) is 5.30. The number of benzene rings is 1. The molecule has 1 aromatic carbocycles. The number of carbonyl (C=O) groups is 1. The molecule has 0 unspecified atom stereocenters. The Balaban J connectivity index is 1.50. The fraction of sp³-hybridized carbons (Fsp3) is 0.650. The van der Waals surface area contributed by atoms with E-state index in [1.54, 1.807) is 0 Å². The van der Waals surface area contributed by atoms with E-state index in [0.29, 0.717) is 12.5 Å². The summed E-state index contributed by atoms with van der Waals surface area (Å²) in [6.07, 6.45) is 11.4. The van der Waals surface area contributed by atoms with Gasteiger partial charge in [0.05, 0.1) is 0 Å². The van der Waals surface area contributed by atoms with Gasteiger partial charge in [-0.05, 0) is 80.2 Å². The molecular formula is C20H29NO. The van der Waals surface area contributed by atoms with Crippen molar-refractivity contribution in [3.8, 4) is 0 Å². The maximum absolute atomic E-state index is 10.9. The van der Waals surface area contributed by atoms with Crippen molar-refractivity contribution in [2.75, 3.05) is 0 Å². The summed E-state index contributed by atoms with van der Waals surface area (Å²) in [5.74, 6) is 2.90. The molecule has 0 spiro atoms. The highest BCUT2D eigenvalue weighted by atomic mass is 16.1. The van der Waals surface area contributed by atoms with Gasteiger partial charge in [0.1, 0.15) is 6.29 Å². The molecule has 2 N–H and O–H groups in total. The monoisotopic (exact) mass is 299 g/mol. The molecule has 0 atom stereocenters. The molecule has 0 amide bonds. The summed E-state index contributed by atoms with van der Waals surface area (Å²) in [5.41, 5.74) is 8.40. The Labute approximate surface area is 134 Å². The highest BCUT2D eigenvalue weighted by molar-refractivity contribution is 5.53. The second kappa shape index (κ2) is 7.41. The van der Waals surface area contributed by atoms with Crippen LogP contribution in [-0.2, 0) is 11.3 Å². The number of carbonyl (C=O) groups excluding carboxylic acids is 1. The lowest BCUT2D eigenvalue weighted by Gasteiger charge is -2.37. The summed E-state index contributed by atoms with van der Waals surface area (Å²) in [6, 6.07) is 8.93. The fourth-order valence-corrected chi connectivity index (χ4v) is 4.60. The Hall–Kier alpha value is -1.15. The summed E-state index contributed by atoms with van der Waals surface area (Å²) in [4.78, 5) is 10.9. The third kappa shape index (κ3) is 3.60. The molecule has 2 fully saturated rings. The highest BCUT2D eigenvalue weighted by Crippen LogP contribution is 2.43. The number of nitrogens with two attached hydrogens (primary N) is 1. The maximum Gasteiger partial charge on any atom is 0.123 e. The normalized spacial score (nSPS) is 32.6. The van der Waals surface area contributed by atoms with E-state index < -0.39 is 0 Å². The molecule has 2 nitrogen and oxygen atoms in total. The van der Waals surface area contributed by atoms with Crippen molar-refractivity contribution < 1.29 is 4.79 Å². The van der Waals surface area contributed by atoms with Gasteiger partial charge in [-0.2, -0.15) is 0 Å². The van der Waals surface area contributed by atoms with Crippen LogP contribution in [0.5, 0.6) is 0 Å². The van der Waals surface area contributed by atoms with E-state index in [9.17, 15) is 4.79 Å². The second-order valence-corrected chi connectivity index (χ2v) is 7.37. The predicted molar refractivity (Wildman–Crippen MR) is 90.5 cm³/mol. The second-order valence-electron chi connectivity index (χ2n) is 7.37. The van der Waals surface area contributed by atoms with Crippen molar-refractivity contribution in [2.45, 2.75) is 63.8 Å². The molecular weight excluding hydrogens is 270 g/mol. The Bertz CT molecular complexity index is 465. The highest BCUT2D eigenvalue weighted by Gasteiger charge is 2.31. The Morgan fingerprint density at radius 2 is 1.41 bits per heavy atom. The molecule has 2 aliphatic rings. The first-order valence-electron chi connectivity index (χ1n) is 9.04. The van der Waals surface area contributed by atoms with Gasteiger partial charge in [-0.25, -0.2) is 0 Å². The zero-order chi connectivity index (χ0) is 15.4. The van der Waals surface area contributed by atoms with E-state index in [2.05, 4.69) is 24.3 Å². The van der Waals surface area contributed by atoms with Crippen LogP contribution >= 0.6 is 0 Å². The van der Waals surface area contributed by atoms with E-state index in [1.807, 2.05) is 0 Å². The van der Waals surface area contributed by atoms with E-state index >= 15 is 0 Å². The van der Waals surface area contributed by atoms with Crippen LogP contribution in [0, 0.1) is 17.8 Å². The van der Waals surface area contributed by atoms with Crippen molar-refractivity contribution in [3.05, 3.63) is 35.4 Å². The smallest absolute Gasteiger partial charge is 0.123 e. The molecule has 1 aromatic rings. The lowest BCUT2D eigenvalue weighted by atomic mass is 9.68. The van der Waals surface area contributed by atoms with Gasteiger partial charge >= 0.3 is 0 Å². The van der Waals surface area contributed by atoms with Gasteiger partial charge in [-0.15, -0.1) is 0 Å². The largest absolute Gasteiger partial charge is 0.326 e. The van der Waals surface area contributed by atoms with Gasteiger partial charge in [0.15, 0.2) is 0 Å². The average Bonchev–Trinajstić information content (AvgIpc) is 2.62. The molecule has 0 radical (unpaired) electrons. The van der Waals surface area contributed by atoms with Crippen LogP contribution in [0.2, 0.25) is 0 Å². The van der Waals surface area contributed by atoms with Crippen LogP contribution in [0.15, 0.2) is 24.3 Å². The molecule has 0 aliphatic heterocycles. The van der Waals surface area contributed by atoms with Gasteiger partial charge in [-0.1, -0.05) is 24.3 Å². The van der Waals surface area contributed by atoms with Gasteiger partial charge in [0.25, 0.3) is 0 Å². The summed E-state index contributed by atoms with van der Waals surface area (Å²) in [7, 11) is 0. The lowest BCUT2D eigenvalue weighted by Crippen LogP contribution is -2.25. The molecule has 120 valence electrons. The topological polar surface area (TPSA) is 43.1 Å². The van der Waals surface area contributed by atoms with E-state index in [1.165, 1.54) is 55.9 Å². The van der Waals surface area contributed by atoms with Crippen LogP contribution < -0.4 is 5.73 Å².